The van der Waals surface area contributed by atoms with Crippen molar-refractivity contribution in [2.24, 2.45) is 0 Å². The van der Waals surface area contributed by atoms with E-state index in [1.54, 1.807) is 5.56 Å². The van der Waals surface area contributed by atoms with E-state index in [0.29, 0.717) is 17.8 Å². The van der Waals surface area contributed by atoms with Gasteiger partial charge in [0.1, 0.15) is 0 Å². The minimum Gasteiger partial charge on any atom is -0.0728 e. The first-order valence-corrected chi connectivity index (χ1v) is 7.60. The first kappa shape index (κ1) is 16.9. The van der Waals surface area contributed by atoms with Crippen LogP contribution in [0.15, 0.2) is 18.2 Å². The van der Waals surface area contributed by atoms with Gasteiger partial charge >= 0.3 is 0 Å². The summed E-state index contributed by atoms with van der Waals surface area (Å²) in [5.41, 5.74) is 4.62. The second-order valence-corrected chi connectivity index (χ2v) is 5.31. The summed E-state index contributed by atoms with van der Waals surface area (Å²) >= 11 is 3.00. The van der Waals surface area contributed by atoms with E-state index in [4.69, 9.17) is 0 Å². The van der Waals surface area contributed by atoms with E-state index in [-0.39, 0.29) is 0 Å². The third-order valence-corrected chi connectivity index (χ3v) is 2.99. The molecule has 0 N–H and O–H groups in total. The van der Waals surface area contributed by atoms with Crippen LogP contribution in [-0.4, -0.2) is 0 Å². The molecule has 0 spiro atoms. The highest BCUT2D eigenvalue weighted by Gasteiger charge is 2.15. The van der Waals surface area contributed by atoms with Gasteiger partial charge in [-0.2, -0.15) is 0 Å². The van der Waals surface area contributed by atoms with Crippen molar-refractivity contribution in [3.05, 3.63) is 34.9 Å². The van der Waals surface area contributed by atoms with Gasteiger partial charge in [-0.05, 0) is 45.1 Å². The Bertz CT molecular complexity index is 303. The quantitative estimate of drug-likeness (QED) is 0.629. The van der Waals surface area contributed by atoms with Gasteiger partial charge in [-0.25, -0.2) is 0 Å². The summed E-state index contributed by atoms with van der Waals surface area (Å²) < 4.78 is 0. The highest BCUT2D eigenvalue weighted by molar-refractivity contribution is 8.05. The SMILES string of the molecule is CC(C)c1cccc(C(C)C)c1C(C)C.SCl. The molecule has 0 bridgehead atoms. The van der Waals surface area contributed by atoms with Crippen molar-refractivity contribution in [2.75, 3.05) is 0 Å². The minimum atomic E-state index is 0.626. The maximum absolute atomic E-state index is 4.33. The van der Waals surface area contributed by atoms with Crippen LogP contribution in [0.2, 0.25) is 0 Å². The molecule has 0 nitrogen and oxygen atoms in total. The third-order valence-electron chi connectivity index (χ3n) is 2.99. The van der Waals surface area contributed by atoms with E-state index in [9.17, 15) is 0 Å². The summed E-state index contributed by atoms with van der Waals surface area (Å²) in [4.78, 5) is 0. The Balaban J connectivity index is 0.00000121. The van der Waals surface area contributed by atoms with Crippen molar-refractivity contribution < 1.29 is 0 Å². The van der Waals surface area contributed by atoms with Crippen molar-refractivity contribution in [1.29, 1.82) is 0 Å². The summed E-state index contributed by atoms with van der Waals surface area (Å²) in [6, 6.07) is 6.77. The average molecular weight is 273 g/mol. The summed E-state index contributed by atoms with van der Waals surface area (Å²) in [5, 5.41) is 0. The molecule has 0 heterocycles. The Morgan fingerprint density at radius 1 is 0.765 bits per heavy atom. The summed E-state index contributed by atoms with van der Waals surface area (Å²) in [6.45, 7) is 13.7. The van der Waals surface area contributed by atoms with E-state index in [2.05, 4.69) is 82.3 Å². The third kappa shape index (κ3) is 4.56. The molecule has 0 fully saturated rings. The van der Waals surface area contributed by atoms with Crippen LogP contribution in [-0.2, 0) is 0 Å². The first-order valence-electron chi connectivity index (χ1n) is 6.24. The Kier molecular flexibility index (Phi) is 7.98. The molecule has 0 aliphatic heterocycles. The maximum atomic E-state index is 4.33. The molecule has 0 saturated heterocycles. The molecular formula is C15H25ClS. The molecule has 1 rings (SSSR count). The van der Waals surface area contributed by atoms with Crippen molar-refractivity contribution in [2.45, 2.75) is 59.3 Å². The Morgan fingerprint density at radius 2 is 1.12 bits per heavy atom. The Labute approximate surface area is 117 Å². The number of benzene rings is 1. The standard InChI is InChI=1S/C15H24.ClHS/c1-10(2)13-8-7-9-14(11(3)4)15(13)12(5)6;1-2/h7-12H,1-6H3;2H. The highest BCUT2D eigenvalue weighted by Crippen LogP contribution is 2.32. The van der Waals surface area contributed by atoms with Crippen LogP contribution >= 0.6 is 22.5 Å². The van der Waals surface area contributed by atoms with Crippen molar-refractivity contribution in [1.82, 2.24) is 0 Å². The van der Waals surface area contributed by atoms with Crippen molar-refractivity contribution in [3.63, 3.8) is 0 Å². The zero-order valence-electron chi connectivity index (χ0n) is 11.8. The molecule has 0 radical (unpaired) electrons. The molecule has 1 aromatic carbocycles. The van der Waals surface area contributed by atoms with Crippen LogP contribution < -0.4 is 0 Å². The fraction of sp³-hybridized carbons (Fsp3) is 0.600. The van der Waals surface area contributed by atoms with E-state index in [1.165, 1.54) is 11.1 Å². The van der Waals surface area contributed by atoms with E-state index in [0.717, 1.165) is 0 Å². The zero-order chi connectivity index (χ0) is 13.6. The van der Waals surface area contributed by atoms with Crippen LogP contribution in [0.3, 0.4) is 0 Å². The van der Waals surface area contributed by atoms with E-state index < -0.39 is 0 Å². The van der Waals surface area contributed by atoms with Gasteiger partial charge in [-0.15, -0.1) is 0 Å². The van der Waals surface area contributed by atoms with Crippen LogP contribution in [0.25, 0.3) is 0 Å². The maximum Gasteiger partial charge on any atom is -0.0213 e. The molecule has 0 amide bonds. The van der Waals surface area contributed by atoms with Gasteiger partial charge in [0.2, 0.25) is 0 Å². The van der Waals surface area contributed by atoms with Gasteiger partial charge < -0.3 is 0 Å². The average Bonchev–Trinajstić information content (AvgIpc) is 2.30. The van der Waals surface area contributed by atoms with Gasteiger partial charge in [0, 0.05) is 0 Å². The number of rotatable bonds is 3. The van der Waals surface area contributed by atoms with Crippen LogP contribution in [0, 0.1) is 0 Å². The Hall–Kier alpha value is -0.140. The molecule has 0 saturated carbocycles. The second-order valence-electron chi connectivity index (χ2n) is 5.31. The summed E-state index contributed by atoms with van der Waals surface area (Å²) in [7, 11) is 4.33. The van der Waals surface area contributed by atoms with E-state index >= 15 is 0 Å². The molecule has 0 aliphatic carbocycles. The molecule has 0 aliphatic rings. The summed E-state index contributed by atoms with van der Waals surface area (Å²) in [6.07, 6.45) is 0. The first-order chi connectivity index (χ1) is 7.95. The number of thiol groups is 1. The highest BCUT2D eigenvalue weighted by atomic mass is 35.7. The lowest BCUT2D eigenvalue weighted by Crippen LogP contribution is -2.04. The summed E-state index contributed by atoms with van der Waals surface area (Å²) in [5.74, 6) is 1.88. The van der Waals surface area contributed by atoms with Crippen molar-refractivity contribution >= 4 is 22.5 Å². The molecule has 0 aromatic heterocycles. The second kappa shape index (κ2) is 8.05. The lowest BCUT2D eigenvalue weighted by molar-refractivity contribution is 0.748. The number of halogens is 1. The van der Waals surface area contributed by atoms with Gasteiger partial charge in [-0.3, -0.25) is 0 Å². The smallest absolute Gasteiger partial charge is 0.0213 e. The predicted octanol–water partition coefficient (Wildman–Crippen LogP) is 6.13. The minimum absolute atomic E-state index is 0.626. The lowest BCUT2D eigenvalue weighted by Gasteiger charge is -2.22. The van der Waals surface area contributed by atoms with Crippen LogP contribution in [0.5, 0.6) is 0 Å². The van der Waals surface area contributed by atoms with Gasteiger partial charge in [-0.1, -0.05) is 71.6 Å². The normalized spacial score (nSPS) is 10.8. The molecule has 1 aromatic rings. The molecular weight excluding hydrogens is 248 g/mol. The van der Waals surface area contributed by atoms with Gasteiger partial charge in [0.05, 0.1) is 0 Å². The Morgan fingerprint density at radius 3 is 1.35 bits per heavy atom. The van der Waals surface area contributed by atoms with Gasteiger partial charge in [0.15, 0.2) is 0 Å². The zero-order valence-corrected chi connectivity index (χ0v) is 13.4. The largest absolute Gasteiger partial charge is 0.0728 e. The van der Waals surface area contributed by atoms with Crippen LogP contribution in [0.1, 0.15) is 76.0 Å². The van der Waals surface area contributed by atoms with Gasteiger partial charge in [0.25, 0.3) is 0 Å². The molecule has 0 unspecified atom stereocenters. The monoisotopic (exact) mass is 272 g/mol. The van der Waals surface area contributed by atoms with Crippen LogP contribution in [0.4, 0.5) is 0 Å². The molecule has 0 atom stereocenters. The fourth-order valence-corrected chi connectivity index (χ4v) is 2.28. The lowest BCUT2D eigenvalue weighted by atomic mass is 9.83. The molecule has 17 heavy (non-hydrogen) atoms. The van der Waals surface area contributed by atoms with E-state index in [1.807, 2.05) is 0 Å². The number of hydrogen-bond acceptors (Lipinski definition) is 1. The predicted molar refractivity (Wildman–Crippen MR) is 83.5 cm³/mol. The molecule has 2 heteroatoms. The van der Waals surface area contributed by atoms with Crippen molar-refractivity contribution in [3.8, 4) is 0 Å². The topological polar surface area (TPSA) is 0 Å². The number of hydrogen-bond donors (Lipinski definition) is 1. The molecule has 98 valence electrons. The fourth-order valence-electron chi connectivity index (χ4n) is 2.28.